The average molecular weight is 261 g/mol. The fraction of sp³-hybridized carbons (Fsp3) is 0.562. The molecule has 19 heavy (non-hydrogen) atoms. The SMILES string of the molecule is CC(CCO)NC(=O)CC1CCCc2ccccc21. The Balaban J connectivity index is 1.95. The summed E-state index contributed by atoms with van der Waals surface area (Å²) < 4.78 is 0. The van der Waals surface area contributed by atoms with E-state index in [1.165, 1.54) is 17.5 Å². The first-order valence-corrected chi connectivity index (χ1v) is 7.18. The minimum absolute atomic E-state index is 0.0522. The van der Waals surface area contributed by atoms with Crippen LogP contribution < -0.4 is 5.32 Å². The van der Waals surface area contributed by atoms with E-state index in [1.807, 2.05) is 6.92 Å². The third kappa shape index (κ3) is 3.80. The molecule has 0 saturated carbocycles. The van der Waals surface area contributed by atoms with Gasteiger partial charge in [-0.25, -0.2) is 0 Å². The third-order valence-corrected chi connectivity index (χ3v) is 3.89. The first-order chi connectivity index (χ1) is 9.20. The first-order valence-electron chi connectivity index (χ1n) is 7.18. The number of carbonyl (C=O) groups is 1. The van der Waals surface area contributed by atoms with Gasteiger partial charge in [-0.2, -0.15) is 0 Å². The maximum Gasteiger partial charge on any atom is 0.220 e. The smallest absolute Gasteiger partial charge is 0.220 e. The number of amides is 1. The van der Waals surface area contributed by atoms with Crippen LogP contribution in [0.4, 0.5) is 0 Å². The van der Waals surface area contributed by atoms with Gasteiger partial charge in [-0.1, -0.05) is 24.3 Å². The lowest BCUT2D eigenvalue weighted by Crippen LogP contribution is -2.34. The van der Waals surface area contributed by atoms with Crippen molar-refractivity contribution in [3.05, 3.63) is 35.4 Å². The second-order valence-corrected chi connectivity index (χ2v) is 5.47. The number of carbonyl (C=O) groups excluding carboxylic acids is 1. The molecule has 0 fully saturated rings. The summed E-state index contributed by atoms with van der Waals surface area (Å²) in [6, 6.07) is 8.52. The lowest BCUT2D eigenvalue weighted by atomic mass is 9.81. The Labute approximate surface area is 115 Å². The van der Waals surface area contributed by atoms with Gasteiger partial charge in [0, 0.05) is 19.1 Å². The second kappa shape index (κ2) is 6.71. The van der Waals surface area contributed by atoms with Gasteiger partial charge < -0.3 is 10.4 Å². The summed E-state index contributed by atoms with van der Waals surface area (Å²) in [6.07, 6.45) is 4.58. The predicted molar refractivity (Wildman–Crippen MR) is 76.0 cm³/mol. The summed E-state index contributed by atoms with van der Waals surface area (Å²) in [4.78, 5) is 12.0. The monoisotopic (exact) mass is 261 g/mol. The van der Waals surface area contributed by atoms with Gasteiger partial charge in [0.2, 0.25) is 5.91 Å². The molecule has 1 aliphatic rings. The lowest BCUT2D eigenvalue weighted by Gasteiger charge is -2.25. The molecule has 1 aromatic carbocycles. The minimum Gasteiger partial charge on any atom is -0.396 e. The highest BCUT2D eigenvalue weighted by Crippen LogP contribution is 2.33. The van der Waals surface area contributed by atoms with Gasteiger partial charge in [-0.05, 0) is 49.7 Å². The molecule has 2 atom stereocenters. The molecule has 1 amide bonds. The van der Waals surface area contributed by atoms with E-state index < -0.39 is 0 Å². The van der Waals surface area contributed by atoms with Crippen molar-refractivity contribution in [1.29, 1.82) is 0 Å². The molecule has 2 N–H and O–H groups in total. The standard InChI is InChI=1S/C16H23NO2/c1-12(9-10-18)17-16(19)11-14-7-4-6-13-5-2-3-8-15(13)14/h2-3,5,8,12,14,18H,4,6-7,9-11H2,1H3,(H,17,19). The summed E-state index contributed by atoms with van der Waals surface area (Å²) in [5, 5.41) is 11.8. The number of aliphatic hydroxyl groups is 1. The van der Waals surface area contributed by atoms with Gasteiger partial charge in [0.25, 0.3) is 0 Å². The number of hydrogen-bond donors (Lipinski definition) is 2. The number of nitrogens with one attached hydrogen (secondary N) is 1. The van der Waals surface area contributed by atoms with Crippen LogP contribution in [0, 0.1) is 0 Å². The third-order valence-electron chi connectivity index (χ3n) is 3.89. The van der Waals surface area contributed by atoms with Crippen LogP contribution in [0.5, 0.6) is 0 Å². The number of rotatable bonds is 5. The van der Waals surface area contributed by atoms with Crippen molar-refractivity contribution in [2.45, 2.75) is 51.0 Å². The Morgan fingerprint density at radius 1 is 1.47 bits per heavy atom. The molecule has 0 spiro atoms. The zero-order valence-electron chi connectivity index (χ0n) is 11.6. The second-order valence-electron chi connectivity index (χ2n) is 5.47. The summed E-state index contributed by atoms with van der Waals surface area (Å²) in [6.45, 7) is 2.05. The molecule has 0 bridgehead atoms. The molecule has 0 aliphatic heterocycles. The van der Waals surface area contributed by atoms with Crippen molar-refractivity contribution in [3.63, 3.8) is 0 Å². The summed E-state index contributed by atoms with van der Waals surface area (Å²) in [5.41, 5.74) is 2.74. The molecular weight excluding hydrogens is 238 g/mol. The van der Waals surface area contributed by atoms with E-state index in [-0.39, 0.29) is 18.6 Å². The van der Waals surface area contributed by atoms with Crippen LogP contribution in [0.1, 0.15) is 49.7 Å². The number of fused-ring (bicyclic) bond motifs is 1. The van der Waals surface area contributed by atoms with Crippen molar-refractivity contribution in [1.82, 2.24) is 5.32 Å². The molecule has 0 saturated heterocycles. The fourth-order valence-electron chi connectivity index (χ4n) is 2.89. The zero-order chi connectivity index (χ0) is 13.7. The number of aryl methyl sites for hydroxylation is 1. The van der Waals surface area contributed by atoms with Gasteiger partial charge in [-0.3, -0.25) is 4.79 Å². The number of aliphatic hydroxyl groups excluding tert-OH is 1. The Morgan fingerprint density at radius 2 is 2.26 bits per heavy atom. The summed E-state index contributed by atoms with van der Waals surface area (Å²) >= 11 is 0. The molecule has 0 heterocycles. The van der Waals surface area contributed by atoms with Crippen LogP contribution in [0.2, 0.25) is 0 Å². The lowest BCUT2D eigenvalue weighted by molar-refractivity contribution is -0.122. The quantitative estimate of drug-likeness (QED) is 0.855. The van der Waals surface area contributed by atoms with Gasteiger partial charge in [0.15, 0.2) is 0 Å². The van der Waals surface area contributed by atoms with E-state index in [9.17, 15) is 4.79 Å². The van der Waals surface area contributed by atoms with E-state index in [0.29, 0.717) is 18.8 Å². The molecular formula is C16H23NO2. The maximum atomic E-state index is 12.0. The Morgan fingerprint density at radius 3 is 3.05 bits per heavy atom. The molecule has 0 aromatic heterocycles. The van der Waals surface area contributed by atoms with E-state index >= 15 is 0 Å². The number of benzene rings is 1. The summed E-state index contributed by atoms with van der Waals surface area (Å²) in [7, 11) is 0. The number of hydrogen-bond acceptors (Lipinski definition) is 2. The van der Waals surface area contributed by atoms with Crippen molar-refractivity contribution < 1.29 is 9.90 Å². The highest BCUT2D eigenvalue weighted by molar-refractivity contribution is 5.77. The van der Waals surface area contributed by atoms with Crippen LogP contribution in [0.25, 0.3) is 0 Å². The summed E-state index contributed by atoms with van der Waals surface area (Å²) in [5.74, 6) is 0.453. The predicted octanol–water partition coefficient (Wildman–Crippen LogP) is 2.38. The van der Waals surface area contributed by atoms with E-state index in [2.05, 4.69) is 29.6 Å². The van der Waals surface area contributed by atoms with Crippen molar-refractivity contribution in [3.8, 4) is 0 Å². The van der Waals surface area contributed by atoms with Crippen LogP contribution in [0.3, 0.4) is 0 Å². The normalized spacial score (nSPS) is 19.6. The van der Waals surface area contributed by atoms with Crippen LogP contribution in [0.15, 0.2) is 24.3 Å². The molecule has 2 rings (SSSR count). The van der Waals surface area contributed by atoms with Crippen LogP contribution in [-0.2, 0) is 11.2 Å². The van der Waals surface area contributed by atoms with Crippen molar-refractivity contribution in [2.24, 2.45) is 0 Å². The Hall–Kier alpha value is -1.35. The van der Waals surface area contributed by atoms with Crippen molar-refractivity contribution >= 4 is 5.91 Å². The molecule has 3 heteroatoms. The topological polar surface area (TPSA) is 49.3 Å². The average Bonchev–Trinajstić information content (AvgIpc) is 2.39. The highest BCUT2D eigenvalue weighted by atomic mass is 16.3. The molecule has 2 unspecified atom stereocenters. The molecule has 1 aliphatic carbocycles. The van der Waals surface area contributed by atoms with E-state index in [1.54, 1.807) is 0 Å². The van der Waals surface area contributed by atoms with Gasteiger partial charge in [-0.15, -0.1) is 0 Å². The fourth-order valence-corrected chi connectivity index (χ4v) is 2.89. The van der Waals surface area contributed by atoms with E-state index in [4.69, 9.17) is 5.11 Å². The zero-order valence-corrected chi connectivity index (χ0v) is 11.6. The maximum absolute atomic E-state index is 12.0. The van der Waals surface area contributed by atoms with Gasteiger partial charge >= 0.3 is 0 Å². The van der Waals surface area contributed by atoms with Crippen LogP contribution in [-0.4, -0.2) is 23.7 Å². The van der Waals surface area contributed by atoms with E-state index in [0.717, 1.165) is 12.8 Å². The minimum atomic E-state index is 0.0522. The van der Waals surface area contributed by atoms with Crippen molar-refractivity contribution in [2.75, 3.05) is 6.61 Å². The molecule has 3 nitrogen and oxygen atoms in total. The Bertz CT molecular complexity index is 431. The van der Waals surface area contributed by atoms with Gasteiger partial charge in [0.1, 0.15) is 0 Å². The highest BCUT2D eigenvalue weighted by Gasteiger charge is 2.22. The molecule has 104 valence electrons. The largest absolute Gasteiger partial charge is 0.396 e. The Kier molecular flexibility index (Phi) is 4.97. The first kappa shape index (κ1) is 14.1. The molecule has 1 aromatic rings. The van der Waals surface area contributed by atoms with Crippen LogP contribution >= 0.6 is 0 Å². The molecule has 0 radical (unpaired) electrons. The van der Waals surface area contributed by atoms with Gasteiger partial charge in [0.05, 0.1) is 0 Å².